The first-order valence-corrected chi connectivity index (χ1v) is 6.93. The average molecular weight is 313 g/mol. The molecule has 124 valence electrons. The lowest BCUT2D eigenvalue weighted by molar-refractivity contribution is -0.137. The minimum absolute atomic E-state index is 0.142. The summed E-state index contributed by atoms with van der Waals surface area (Å²) in [6.45, 7) is 1.87. The molecule has 0 aliphatic carbocycles. The third-order valence-corrected chi connectivity index (χ3v) is 2.93. The van der Waals surface area contributed by atoms with Gasteiger partial charge in [0.25, 0.3) is 0 Å². The van der Waals surface area contributed by atoms with Gasteiger partial charge in [-0.3, -0.25) is 4.79 Å². The summed E-state index contributed by atoms with van der Waals surface area (Å²) < 4.78 is 21.0. The number of aliphatic carboxylic acids is 1. The van der Waals surface area contributed by atoms with E-state index in [1.165, 1.54) is 7.11 Å². The Labute approximate surface area is 129 Å². The van der Waals surface area contributed by atoms with Gasteiger partial charge < -0.3 is 29.8 Å². The van der Waals surface area contributed by atoms with E-state index in [1.807, 2.05) is 0 Å². The van der Waals surface area contributed by atoms with Crippen molar-refractivity contribution >= 4 is 5.97 Å². The van der Waals surface area contributed by atoms with E-state index in [1.54, 1.807) is 25.3 Å². The van der Waals surface area contributed by atoms with Crippen LogP contribution >= 0.6 is 0 Å². The Morgan fingerprint density at radius 1 is 1.18 bits per heavy atom. The first-order valence-electron chi connectivity index (χ1n) is 6.93. The lowest BCUT2D eigenvalue weighted by Crippen LogP contribution is -2.15. The number of carbonyl (C=O) groups is 1. The molecule has 0 saturated carbocycles. The molecule has 0 bridgehead atoms. The lowest BCUT2D eigenvalue weighted by atomic mass is 10.0. The summed E-state index contributed by atoms with van der Waals surface area (Å²) in [4.78, 5) is 10.7. The van der Waals surface area contributed by atoms with E-state index in [4.69, 9.17) is 29.8 Å². The zero-order chi connectivity index (χ0) is 16.4. The second-order valence-corrected chi connectivity index (χ2v) is 4.57. The third kappa shape index (κ3) is 6.30. The Morgan fingerprint density at radius 2 is 1.91 bits per heavy atom. The minimum atomic E-state index is -0.944. The summed E-state index contributed by atoms with van der Waals surface area (Å²) in [6, 6.07) is 4.55. The Bertz CT molecular complexity index is 465. The molecular formula is C15H23NO6. The third-order valence-electron chi connectivity index (χ3n) is 2.93. The normalized spacial score (nSPS) is 12.0. The van der Waals surface area contributed by atoms with Gasteiger partial charge in [0.15, 0.2) is 11.5 Å². The predicted octanol–water partition coefficient (Wildman–Crippen LogP) is 1.21. The van der Waals surface area contributed by atoms with Crippen LogP contribution in [-0.4, -0.2) is 51.7 Å². The van der Waals surface area contributed by atoms with Crippen molar-refractivity contribution in [3.05, 3.63) is 23.8 Å². The van der Waals surface area contributed by atoms with Gasteiger partial charge in [-0.25, -0.2) is 0 Å². The van der Waals surface area contributed by atoms with Gasteiger partial charge in [0.05, 0.1) is 33.4 Å². The summed E-state index contributed by atoms with van der Waals surface area (Å²) >= 11 is 0. The van der Waals surface area contributed by atoms with Crippen LogP contribution in [0.1, 0.15) is 18.0 Å². The summed E-state index contributed by atoms with van der Waals surface area (Å²) in [7, 11) is 3.13. The SMILES string of the molecule is COCCOCCOc1ccc([C@@H](N)CC(=O)O)cc1OC. The molecule has 0 radical (unpaired) electrons. The highest BCUT2D eigenvalue weighted by atomic mass is 16.5. The smallest absolute Gasteiger partial charge is 0.305 e. The fourth-order valence-corrected chi connectivity index (χ4v) is 1.79. The van der Waals surface area contributed by atoms with E-state index in [-0.39, 0.29) is 6.42 Å². The van der Waals surface area contributed by atoms with Gasteiger partial charge in [-0.15, -0.1) is 0 Å². The van der Waals surface area contributed by atoms with Crippen LogP contribution in [0.4, 0.5) is 0 Å². The van der Waals surface area contributed by atoms with E-state index in [0.29, 0.717) is 43.5 Å². The predicted molar refractivity (Wildman–Crippen MR) is 80.4 cm³/mol. The van der Waals surface area contributed by atoms with Crippen molar-refractivity contribution in [2.45, 2.75) is 12.5 Å². The number of hydrogen-bond acceptors (Lipinski definition) is 6. The fraction of sp³-hybridized carbons (Fsp3) is 0.533. The zero-order valence-electron chi connectivity index (χ0n) is 12.9. The van der Waals surface area contributed by atoms with Crippen LogP contribution in [0.25, 0.3) is 0 Å². The molecule has 1 rings (SSSR count). The number of ether oxygens (including phenoxy) is 4. The van der Waals surface area contributed by atoms with Gasteiger partial charge in [0.1, 0.15) is 6.61 Å². The molecule has 0 unspecified atom stereocenters. The molecular weight excluding hydrogens is 290 g/mol. The highest BCUT2D eigenvalue weighted by Crippen LogP contribution is 2.30. The Balaban J connectivity index is 2.55. The molecule has 7 nitrogen and oxygen atoms in total. The van der Waals surface area contributed by atoms with Crippen LogP contribution in [0, 0.1) is 0 Å². The van der Waals surface area contributed by atoms with E-state index < -0.39 is 12.0 Å². The first kappa shape index (κ1) is 18.2. The van der Waals surface area contributed by atoms with Crippen LogP contribution < -0.4 is 15.2 Å². The molecule has 0 heterocycles. The van der Waals surface area contributed by atoms with E-state index >= 15 is 0 Å². The number of benzene rings is 1. The van der Waals surface area contributed by atoms with Crippen molar-refractivity contribution in [3.63, 3.8) is 0 Å². The number of carboxylic acids is 1. The van der Waals surface area contributed by atoms with Gasteiger partial charge in [-0.1, -0.05) is 6.07 Å². The number of methoxy groups -OCH3 is 2. The number of carboxylic acid groups (broad SMARTS) is 1. The summed E-state index contributed by atoms with van der Waals surface area (Å²) in [6.07, 6.45) is -0.142. The number of nitrogens with two attached hydrogens (primary N) is 1. The fourth-order valence-electron chi connectivity index (χ4n) is 1.79. The van der Waals surface area contributed by atoms with Gasteiger partial charge in [-0.05, 0) is 17.7 Å². The van der Waals surface area contributed by atoms with Gasteiger partial charge in [-0.2, -0.15) is 0 Å². The van der Waals surface area contributed by atoms with Crippen molar-refractivity contribution in [1.29, 1.82) is 0 Å². The van der Waals surface area contributed by atoms with E-state index in [9.17, 15) is 4.79 Å². The van der Waals surface area contributed by atoms with Crippen molar-refractivity contribution in [2.24, 2.45) is 5.73 Å². The van der Waals surface area contributed by atoms with E-state index in [0.717, 1.165) is 0 Å². The summed E-state index contributed by atoms with van der Waals surface area (Å²) in [5.41, 5.74) is 6.51. The Morgan fingerprint density at radius 3 is 2.55 bits per heavy atom. The summed E-state index contributed by atoms with van der Waals surface area (Å²) in [5.74, 6) is 0.124. The molecule has 0 amide bonds. The highest BCUT2D eigenvalue weighted by Gasteiger charge is 2.13. The average Bonchev–Trinajstić information content (AvgIpc) is 2.50. The molecule has 1 aromatic carbocycles. The van der Waals surface area contributed by atoms with Gasteiger partial charge >= 0.3 is 5.97 Å². The monoisotopic (exact) mass is 313 g/mol. The molecule has 7 heteroatoms. The second kappa shape index (κ2) is 9.99. The first-order chi connectivity index (χ1) is 10.6. The molecule has 1 aromatic rings. The maximum Gasteiger partial charge on any atom is 0.305 e. The van der Waals surface area contributed by atoms with Crippen molar-refractivity contribution in [2.75, 3.05) is 40.6 Å². The largest absolute Gasteiger partial charge is 0.493 e. The molecule has 0 aliphatic heterocycles. The van der Waals surface area contributed by atoms with Crippen LogP contribution in [0.15, 0.2) is 18.2 Å². The molecule has 0 fully saturated rings. The molecule has 3 N–H and O–H groups in total. The maximum atomic E-state index is 10.7. The highest BCUT2D eigenvalue weighted by molar-refractivity contribution is 5.68. The zero-order valence-corrected chi connectivity index (χ0v) is 12.9. The molecule has 0 spiro atoms. The second-order valence-electron chi connectivity index (χ2n) is 4.57. The van der Waals surface area contributed by atoms with Crippen molar-refractivity contribution in [3.8, 4) is 11.5 Å². The van der Waals surface area contributed by atoms with Crippen molar-refractivity contribution in [1.82, 2.24) is 0 Å². The molecule has 1 atom stereocenters. The Kier molecular flexibility index (Phi) is 8.27. The van der Waals surface area contributed by atoms with Crippen LogP contribution in [-0.2, 0) is 14.3 Å². The molecule has 0 aromatic heterocycles. The quantitative estimate of drug-likeness (QED) is 0.592. The van der Waals surface area contributed by atoms with Gasteiger partial charge in [0, 0.05) is 13.2 Å². The molecule has 0 saturated heterocycles. The Hall–Kier alpha value is -1.83. The van der Waals surface area contributed by atoms with Crippen LogP contribution in [0.2, 0.25) is 0 Å². The summed E-state index contributed by atoms with van der Waals surface area (Å²) in [5, 5.41) is 8.77. The van der Waals surface area contributed by atoms with Crippen LogP contribution in [0.3, 0.4) is 0 Å². The molecule has 22 heavy (non-hydrogen) atoms. The number of hydrogen-bond donors (Lipinski definition) is 2. The lowest BCUT2D eigenvalue weighted by Gasteiger charge is -2.15. The maximum absolute atomic E-state index is 10.7. The minimum Gasteiger partial charge on any atom is -0.493 e. The van der Waals surface area contributed by atoms with Crippen LogP contribution in [0.5, 0.6) is 11.5 Å². The van der Waals surface area contributed by atoms with Gasteiger partial charge in [0.2, 0.25) is 0 Å². The number of rotatable bonds is 11. The molecule has 0 aliphatic rings. The standard InChI is InChI=1S/C15H23NO6/c1-19-5-6-21-7-8-22-13-4-3-11(9-14(13)20-2)12(16)10-15(17)18/h3-4,9,12H,5-8,10,16H2,1-2H3,(H,17,18)/t12-/m0/s1. The van der Waals surface area contributed by atoms with E-state index in [2.05, 4.69) is 0 Å². The topological polar surface area (TPSA) is 100 Å². The van der Waals surface area contributed by atoms with Crippen molar-refractivity contribution < 1.29 is 28.8 Å².